The molecular formula is C28H33FN2O4S. The highest BCUT2D eigenvalue weighted by atomic mass is 32.2. The maximum atomic E-state index is 14.2. The van der Waals surface area contributed by atoms with Crippen molar-refractivity contribution >= 4 is 15.9 Å². The fourth-order valence-corrected chi connectivity index (χ4v) is 9.49. The van der Waals surface area contributed by atoms with Gasteiger partial charge in [0, 0.05) is 11.3 Å². The highest BCUT2D eigenvalue weighted by Gasteiger charge is 2.72. The maximum Gasteiger partial charge on any atom is 0.256 e. The summed E-state index contributed by atoms with van der Waals surface area (Å²) in [6.07, 6.45) is 4.07. The van der Waals surface area contributed by atoms with Crippen LogP contribution in [0.4, 0.5) is 4.39 Å². The van der Waals surface area contributed by atoms with Gasteiger partial charge in [-0.2, -0.15) is 5.48 Å². The first kappa shape index (κ1) is 25.1. The van der Waals surface area contributed by atoms with Gasteiger partial charge in [0.25, 0.3) is 5.91 Å². The zero-order valence-electron chi connectivity index (χ0n) is 20.7. The molecule has 1 aliphatic heterocycles. The van der Waals surface area contributed by atoms with E-state index in [0.29, 0.717) is 17.9 Å². The van der Waals surface area contributed by atoms with Crippen LogP contribution >= 0.6 is 0 Å². The number of sulfonamides is 1. The lowest BCUT2D eigenvalue weighted by Crippen LogP contribution is -2.53. The van der Waals surface area contributed by atoms with Crippen LogP contribution in [0.25, 0.3) is 0 Å². The minimum Gasteiger partial charge on any atom is -0.296 e. The van der Waals surface area contributed by atoms with Crippen molar-refractivity contribution in [3.05, 3.63) is 84.2 Å². The molecule has 192 valence electrons. The van der Waals surface area contributed by atoms with Crippen molar-refractivity contribution in [2.45, 2.75) is 57.7 Å². The van der Waals surface area contributed by atoms with E-state index in [0.717, 1.165) is 22.7 Å². The van der Waals surface area contributed by atoms with Gasteiger partial charge < -0.3 is 0 Å². The molecule has 1 spiro atoms. The Bertz CT molecular complexity index is 1250. The molecule has 0 aromatic heterocycles. The number of hydroxylamine groups is 1. The molecule has 2 aromatic rings. The Kier molecular flexibility index (Phi) is 6.34. The van der Waals surface area contributed by atoms with E-state index in [4.69, 9.17) is 4.84 Å². The molecule has 0 unspecified atom stereocenters. The van der Waals surface area contributed by atoms with Gasteiger partial charge in [-0.1, -0.05) is 62.4 Å². The number of carbonyl (C=O) groups excluding carboxylic acids is 1. The number of fused-ring (bicyclic) bond motifs is 1. The summed E-state index contributed by atoms with van der Waals surface area (Å²) >= 11 is 0. The van der Waals surface area contributed by atoms with Crippen LogP contribution in [0.5, 0.6) is 0 Å². The second-order valence-corrected chi connectivity index (χ2v) is 12.8. The largest absolute Gasteiger partial charge is 0.296 e. The van der Waals surface area contributed by atoms with Gasteiger partial charge in [-0.15, -0.1) is 6.58 Å². The molecule has 1 N–H and O–H groups in total. The third-order valence-corrected chi connectivity index (χ3v) is 11.0. The first-order chi connectivity index (χ1) is 17.1. The molecule has 1 heterocycles. The summed E-state index contributed by atoms with van der Waals surface area (Å²) in [6, 6.07) is 13.9. The monoisotopic (exact) mass is 512 g/mol. The van der Waals surface area contributed by atoms with Crippen LogP contribution in [-0.2, 0) is 26.3 Å². The topological polar surface area (TPSA) is 75.7 Å². The van der Waals surface area contributed by atoms with E-state index in [1.807, 2.05) is 30.3 Å². The Balaban J connectivity index is 1.47. The average molecular weight is 513 g/mol. The van der Waals surface area contributed by atoms with Gasteiger partial charge in [-0.25, -0.2) is 17.1 Å². The summed E-state index contributed by atoms with van der Waals surface area (Å²) in [5.41, 5.74) is 3.83. The van der Waals surface area contributed by atoms with E-state index in [2.05, 4.69) is 25.9 Å². The second kappa shape index (κ2) is 9.08. The van der Waals surface area contributed by atoms with Crippen LogP contribution < -0.4 is 5.48 Å². The molecule has 5 rings (SSSR count). The molecule has 2 bridgehead atoms. The van der Waals surface area contributed by atoms with E-state index in [-0.39, 0.29) is 23.8 Å². The molecule has 1 amide bonds. The van der Waals surface area contributed by atoms with Gasteiger partial charge >= 0.3 is 0 Å². The van der Waals surface area contributed by atoms with Crippen molar-refractivity contribution in [3.63, 3.8) is 0 Å². The number of benzene rings is 2. The van der Waals surface area contributed by atoms with Gasteiger partial charge in [-0.3, -0.25) is 9.63 Å². The summed E-state index contributed by atoms with van der Waals surface area (Å²) in [6.45, 7) is 8.40. The van der Waals surface area contributed by atoms with Gasteiger partial charge in [0.15, 0.2) is 0 Å². The molecule has 3 fully saturated rings. The van der Waals surface area contributed by atoms with Crippen molar-refractivity contribution in [1.29, 1.82) is 0 Å². The van der Waals surface area contributed by atoms with Crippen molar-refractivity contribution in [3.8, 4) is 0 Å². The number of amides is 1. The predicted molar refractivity (Wildman–Crippen MR) is 135 cm³/mol. The number of halogens is 1. The van der Waals surface area contributed by atoms with E-state index in [9.17, 15) is 17.6 Å². The first-order valence-electron chi connectivity index (χ1n) is 12.5. The normalized spacial score (nSPS) is 29.0. The fraction of sp³-hybridized carbons (Fsp3) is 0.464. The summed E-state index contributed by atoms with van der Waals surface area (Å²) in [7, 11) is -3.82. The Hall–Kier alpha value is -2.55. The minimum atomic E-state index is -3.82. The molecule has 5 atom stereocenters. The maximum absolute atomic E-state index is 14.2. The molecule has 2 aromatic carbocycles. The standard InChI is InChI=1S/C28H33FN2O4S/c1-4-23(20-10-12-22(29)13-11-20)25(30-35-17-19-8-6-5-7-9-19)26(32)31-24-16-21-14-15-28(24,27(21,2)3)18-36(31,33)34/h4-13,21,23-25,30H,1,14-18H2,2-3H3/t21-,23+,24-,25+,28-/m1/s1. The van der Waals surface area contributed by atoms with Crippen molar-refractivity contribution in [1.82, 2.24) is 9.79 Å². The van der Waals surface area contributed by atoms with Crippen LogP contribution in [0.15, 0.2) is 67.3 Å². The molecule has 8 heteroatoms. The molecule has 6 nitrogen and oxygen atoms in total. The fourth-order valence-electron chi connectivity index (χ4n) is 6.93. The minimum absolute atomic E-state index is 0.00714. The molecule has 3 aliphatic rings. The van der Waals surface area contributed by atoms with E-state index in [1.54, 1.807) is 18.2 Å². The lowest BCUT2D eigenvalue weighted by Gasteiger charge is -2.38. The molecule has 2 saturated carbocycles. The van der Waals surface area contributed by atoms with Crippen molar-refractivity contribution in [2.24, 2.45) is 16.7 Å². The average Bonchev–Trinajstić information content (AvgIpc) is 3.33. The number of hydrogen-bond donors (Lipinski definition) is 1. The molecule has 0 radical (unpaired) electrons. The van der Waals surface area contributed by atoms with Crippen LogP contribution in [0, 0.1) is 22.6 Å². The molecule has 1 saturated heterocycles. The summed E-state index contributed by atoms with van der Waals surface area (Å²) in [5.74, 6) is -1.20. The highest BCUT2D eigenvalue weighted by Crippen LogP contribution is 2.70. The van der Waals surface area contributed by atoms with Crippen molar-refractivity contribution in [2.75, 3.05) is 5.75 Å². The number of carbonyl (C=O) groups is 1. The van der Waals surface area contributed by atoms with E-state index >= 15 is 0 Å². The Labute approximate surface area is 212 Å². The number of hydrogen-bond acceptors (Lipinski definition) is 5. The highest BCUT2D eigenvalue weighted by molar-refractivity contribution is 7.90. The quantitative estimate of drug-likeness (QED) is 0.415. The van der Waals surface area contributed by atoms with E-state index < -0.39 is 39.1 Å². The van der Waals surface area contributed by atoms with Crippen LogP contribution in [0.1, 0.15) is 50.2 Å². The number of nitrogens with zero attached hydrogens (tertiary/aromatic N) is 1. The summed E-state index contributed by atoms with van der Waals surface area (Å²) in [4.78, 5) is 19.9. The summed E-state index contributed by atoms with van der Waals surface area (Å²) < 4.78 is 41.9. The summed E-state index contributed by atoms with van der Waals surface area (Å²) in [5, 5.41) is 0. The first-order valence-corrected chi connectivity index (χ1v) is 14.1. The lowest BCUT2D eigenvalue weighted by molar-refractivity contribution is -0.136. The van der Waals surface area contributed by atoms with Gasteiger partial charge in [0.2, 0.25) is 10.0 Å². The van der Waals surface area contributed by atoms with Crippen molar-refractivity contribution < 1.29 is 22.4 Å². The zero-order chi connectivity index (χ0) is 25.7. The van der Waals surface area contributed by atoms with Gasteiger partial charge in [0.05, 0.1) is 18.4 Å². The van der Waals surface area contributed by atoms with E-state index in [1.165, 1.54) is 12.1 Å². The Morgan fingerprint density at radius 2 is 1.92 bits per heavy atom. The third-order valence-electron chi connectivity index (χ3n) is 9.05. The smallest absolute Gasteiger partial charge is 0.256 e. The lowest BCUT2D eigenvalue weighted by atomic mass is 9.69. The second-order valence-electron chi connectivity index (χ2n) is 10.9. The molecule has 2 aliphatic carbocycles. The number of nitrogens with one attached hydrogen (secondary N) is 1. The Morgan fingerprint density at radius 3 is 2.56 bits per heavy atom. The Morgan fingerprint density at radius 1 is 1.22 bits per heavy atom. The number of rotatable bonds is 8. The van der Waals surface area contributed by atoms with Gasteiger partial charge in [0.1, 0.15) is 11.9 Å². The van der Waals surface area contributed by atoms with Crippen LogP contribution in [0.2, 0.25) is 0 Å². The van der Waals surface area contributed by atoms with Gasteiger partial charge in [-0.05, 0) is 53.9 Å². The zero-order valence-corrected chi connectivity index (χ0v) is 21.5. The molecule has 36 heavy (non-hydrogen) atoms. The predicted octanol–water partition coefficient (Wildman–Crippen LogP) is 4.55. The van der Waals surface area contributed by atoms with Crippen LogP contribution in [0.3, 0.4) is 0 Å². The third kappa shape index (κ3) is 3.90. The van der Waals surface area contributed by atoms with Crippen LogP contribution in [-0.4, -0.2) is 36.5 Å². The SMILES string of the molecule is C=C[C@@H](c1ccc(F)cc1)[C@H](NOCc1ccccc1)C(=O)N1[C@@H]2C[C@H]3CC[C@]2(CS1(=O)=O)C3(C)C. The molecular weight excluding hydrogens is 479 g/mol.